The minimum atomic E-state index is -0.244. The van der Waals surface area contributed by atoms with E-state index in [1.807, 2.05) is 25.1 Å². The van der Waals surface area contributed by atoms with Crippen molar-refractivity contribution in [3.8, 4) is 5.75 Å². The molecule has 2 saturated heterocycles. The number of nitrogens with zero attached hydrogens (tertiary/aromatic N) is 2. The number of piperazine rings is 1. The van der Waals surface area contributed by atoms with Gasteiger partial charge in [-0.25, -0.2) is 9.37 Å². The molecule has 0 aliphatic carbocycles. The molecule has 0 saturated carbocycles. The van der Waals surface area contributed by atoms with E-state index in [0.717, 1.165) is 34.7 Å². The third-order valence-electron chi connectivity index (χ3n) is 7.15. The molecule has 2 unspecified atom stereocenters. The molecule has 3 N–H and O–H groups in total. The van der Waals surface area contributed by atoms with Crippen molar-refractivity contribution in [2.45, 2.75) is 44.7 Å². The number of nitrogens with two attached hydrogens (primary N) is 1. The highest BCUT2D eigenvalue weighted by atomic mass is 32.1. The third kappa shape index (κ3) is 3.75. The molecule has 2 bridgehead atoms. The molecule has 0 spiro atoms. The average Bonchev–Trinajstić information content (AvgIpc) is 3.31. The zero-order valence-electron chi connectivity index (χ0n) is 18.6. The van der Waals surface area contributed by atoms with Gasteiger partial charge in [0.25, 0.3) is 0 Å². The van der Waals surface area contributed by atoms with Crippen LogP contribution in [0.15, 0.2) is 24.3 Å². The van der Waals surface area contributed by atoms with Crippen molar-refractivity contribution in [3.63, 3.8) is 0 Å². The molecule has 5 heterocycles. The monoisotopic (exact) mass is 466 g/mol. The van der Waals surface area contributed by atoms with Gasteiger partial charge in [0.15, 0.2) is 5.78 Å². The van der Waals surface area contributed by atoms with Crippen molar-refractivity contribution < 1.29 is 13.9 Å². The lowest BCUT2D eigenvalue weighted by atomic mass is 9.91. The van der Waals surface area contributed by atoms with Crippen LogP contribution in [-0.4, -0.2) is 42.5 Å². The minimum absolute atomic E-state index is 0.0291. The lowest BCUT2D eigenvalue weighted by Gasteiger charge is -2.35. The van der Waals surface area contributed by atoms with E-state index < -0.39 is 0 Å². The van der Waals surface area contributed by atoms with Gasteiger partial charge in [-0.1, -0.05) is 0 Å². The van der Waals surface area contributed by atoms with E-state index in [0.29, 0.717) is 47.0 Å². The molecular weight excluding hydrogens is 439 g/mol. The summed E-state index contributed by atoms with van der Waals surface area (Å²) < 4.78 is 21.1. The van der Waals surface area contributed by atoms with Crippen LogP contribution in [0.25, 0.3) is 10.2 Å². The Hall–Kier alpha value is -2.71. The number of hydrogen-bond donors (Lipinski definition) is 2. The Labute approximate surface area is 195 Å². The van der Waals surface area contributed by atoms with Gasteiger partial charge >= 0.3 is 0 Å². The summed E-state index contributed by atoms with van der Waals surface area (Å²) in [6.07, 6.45) is 3.13. The molecule has 172 valence electrons. The number of nitrogen functional groups attached to an aromatic ring is 1. The van der Waals surface area contributed by atoms with E-state index in [2.05, 4.69) is 15.2 Å². The lowest BCUT2D eigenvalue weighted by Crippen LogP contribution is -2.51. The van der Waals surface area contributed by atoms with E-state index in [9.17, 15) is 4.79 Å². The van der Waals surface area contributed by atoms with Gasteiger partial charge < -0.3 is 20.7 Å². The largest absolute Gasteiger partial charge is 0.493 e. The number of aryl methyl sites for hydroxylation is 1. The van der Waals surface area contributed by atoms with Gasteiger partial charge in [-0.15, -0.1) is 11.3 Å². The first-order valence-corrected chi connectivity index (χ1v) is 12.4. The Morgan fingerprint density at radius 3 is 2.88 bits per heavy atom. The summed E-state index contributed by atoms with van der Waals surface area (Å²) in [5.74, 6) is 0.255. The van der Waals surface area contributed by atoms with Gasteiger partial charge in [0, 0.05) is 65.9 Å². The molecule has 3 atom stereocenters. The number of pyridine rings is 1. The number of hydrogen-bond acceptors (Lipinski definition) is 7. The van der Waals surface area contributed by atoms with Crippen molar-refractivity contribution >= 4 is 38.7 Å². The summed E-state index contributed by atoms with van der Waals surface area (Å²) in [5, 5.41) is 4.43. The number of carbonyl (C=O) groups excluding carboxylic acids is 1. The summed E-state index contributed by atoms with van der Waals surface area (Å²) in [6.45, 7) is 4.12. The summed E-state index contributed by atoms with van der Waals surface area (Å²) in [5.41, 5.74) is 9.10. The molecule has 2 aromatic heterocycles. The molecule has 1 aromatic carbocycles. The smallest absolute Gasteiger partial charge is 0.175 e. The Balaban J connectivity index is 1.19. The van der Waals surface area contributed by atoms with E-state index in [1.165, 1.54) is 24.2 Å². The summed E-state index contributed by atoms with van der Waals surface area (Å²) >= 11 is 1.34. The Kier molecular flexibility index (Phi) is 5.03. The number of aromatic nitrogens is 1. The predicted molar refractivity (Wildman–Crippen MR) is 129 cm³/mol. The summed E-state index contributed by atoms with van der Waals surface area (Å²) in [4.78, 5) is 21.1. The number of ether oxygens (including phenoxy) is 1. The molecule has 3 aromatic rings. The maximum atomic E-state index is 15.1. The average molecular weight is 467 g/mol. The molecule has 6 rings (SSSR count). The van der Waals surface area contributed by atoms with Crippen LogP contribution in [0.5, 0.6) is 5.75 Å². The first kappa shape index (κ1) is 20.9. The lowest BCUT2D eigenvalue weighted by molar-refractivity contribution is 0.0938. The van der Waals surface area contributed by atoms with E-state index in [-0.39, 0.29) is 23.9 Å². The number of fused-ring (bicyclic) bond motifs is 4. The number of ketones is 1. The molecule has 33 heavy (non-hydrogen) atoms. The van der Waals surface area contributed by atoms with Gasteiger partial charge in [-0.2, -0.15) is 0 Å². The van der Waals surface area contributed by atoms with Gasteiger partial charge in [0.2, 0.25) is 0 Å². The highest BCUT2D eigenvalue weighted by Crippen LogP contribution is 2.38. The minimum Gasteiger partial charge on any atom is -0.493 e. The highest BCUT2D eigenvalue weighted by Gasteiger charge is 2.34. The van der Waals surface area contributed by atoms with Crippen molar-refractivity contribution in [2.24, 2.45) is 5.92 Å². The van der Waals surface area contributed by atoms with Crippen LogP contribution in [0.2, 0.25) is 0 Å². The fourth-order valence-electron chi connectivity index (χ4n) is 5.45. The number of halogens is 1. The first-order chi connectivity index (χ1) is 15.9. The topological polar surface area (TPSA) is 80.5 Å². The van der Waals surface area contributed by atoms with Gasteiger partial charge in [0.05, 0.1) is 17.2 Å². The van der Waals surface area contributed by atoms with Crippen LogP contribution >= 0.6 is 11.3 Å². The van der Waals surface area contributed by atoms with Crippen molar-refractivity contribution in [2.75, 3.05) is 30.3 Å². The molecular formula is C25H27FN4O2S. The second-order valence-corrected chi connectivity index (χ2v) is 10.6. The number of Topliss-reactive ketones (excluding diaryl/α,β-unsaturated/α-hetero) is 1. The fraction of sp³-hybridized carbons (Fsp3) is 0.440. The Morgan fingerprint density at radius 1 is 1.30 bits per heavy atom. The van der Waals surface area contributed by atoms with Crippen LogP contribution in [0, 0.1) is 18.7 Å². The van der Waals surface area contributed by atoms with Gasteiger partial charge in [0.1, 0.15) is 16.4 Å². The first-order valence-electron chi connectivity index (χ1n) is 11.6. The SMILES string of the molecule is Cc1ccc2c(N)c(C(=O)C[C@H]3COc4cc(N5CC6CCC(C5)N6)cc(F)c4C3)sc2n1. The summed E-state index contributed by atoms with van der Waals surface area (Å²) in [6, 6.07) is 8.39. The van der Waals surface area contributed by atoms with Crippen molar-refractivity contribution in [1.29, 1.82) is 0 Å². The molecule has 3 aliphatic heterocycles. The second kappa shape index (κ2) is 7.95. The van der Waals surface area contributed by atoms with E-state index in [1.54, 1.807) is 6.07 Å². The van der Waals surface area contributed by atoms with E-state index in [4.69, 9.17) is 10.5 Å². The highest BCUT2D eigenvalue weighted by molar-refractivity contribution is 7.21. The maximum absolute atomic E-state index is 15.1. The second-order valence-electron chi connectivity index (χ2n) is 9.61. The number of anilines is 2. The number of benzene rings is 1. The van der Waals surface area contributed by atoms with Crippen LogP contribution in [0.3, 0.4) is 0 Å². The summed E-state index contributed by atoms with van der Waals surface area (Å²) in [7, 11) is 0. The molecule has 2 fully saturated rings. The number of rotatable bonds is 4. The standard InChI is InChI=1S/C25H27FN4O2S/c1-13-2-5-18-23(27)24(33-25(18)28-13)21(31)7-14-6-19-20(26)8-17(9-22(19)32-12-14)30-10-15-3-4-16(11-30)29-15/h2,5,8-9,14-16,29H,3-4,6-7,10-12,27H2,1H3/t14-,15?,16?/m0/s1. The third-order valence-corrected chi connectivity index (χ3v) is 8.30. The van der Waals surface area contributed by atoms with Crippen LogP contribution in [0.1, 0.15) is 40.2 Å². The number of thiophene rings is 1. The molecule has 6 nitrogen and oxygen atoms in total. The zero-order valence-corrected chi connectivity index (χ0v) is 19.4. The zero-order chi connectivity index (χ0) is 22.7. The molecule has 8 heteroatoms. The Bertz CT molecular complexity index is 1250. The van der Waals surface area contributed by atoms with Gasteiger partial charge in [-0.05, 0) is 44.4 Å². The number of nitrogens with one attached hydrogen (secondary N) is 1. The molecule has 0 radical (unpaired) electrons. The molecule has 3 aliphatic rings. The van der Waals surface area contributed by atoms with Crippen molar-refractivity contribution in [3.05, 3.63) is 46.2 Å². The normalized spacial score (nSPS) is 24.1. The quantitative estimate of drug-likeness (QED) is 0.564. The maximum Gasteiger partial charge on any atom is 0.175 e. The molecule has 0 amide bonds. The van der Waals surface area contributed by atoms with Gasteiger partial charge in [-0.3, -0.25) is 4.79 Å². The van der Waals surface area contributed by atoms with Crippen LogP contribution in [0.4, 0.5) is 15.8 Å². The van der Waals surface area contributed by atoms with Crippen LogP contribution < -0.4 is 20.7 Å². The van der Waals surface area contributed by atoms with Crippen molar-refractivity contribution in [1.82, 2.24) is 10.3 Å². The fourth-order valence-corrected chi connectivity index (χ4v) is 6.54. The Morgan fingerprint density at radius 2 is 2.09 bits per heavy atom. The van der Waals surface area contributed by atoms with E-state index >= 15 is 4.39 Å². The van der Waals surface area contributed by atoms with Crippen LogP contribution in [-0.2, 0) is 6.42 Å². The number of carbonyl (C=O) groups is 1. The predicted octanol–water partition coefficient (Wildman–Crippen LogP) is 4.09.